The minimum Gasteiger partial charge on any atom is -0.508 e. The molecule has 0 spiro atoms. The summed E-state index contributed by atoms with van der Waals surface area (Å²) >= 11 is 0. The van der Waals surface area contributed by atoms with E-state index in [4.69, 9.17) is 10.5 Å². The molecule has 132 valence electrons. The number of hydrogen-bond acceptors (Lipinski definition) is 4. The Kier molecular flexibility index (Phi) is 4.94. The van der Waals surface area contributed by atoms with E-state index >= 15 is 0 Å². The Hall–Kier alpha value is -3.26. The standard InChI is InChI=1S/C21H19FN2O2/c1-26-21-7-3-6-15(18(21)12-23)17(11-20(25)13-4-2-5-13)16-9-8-14(22)10-19(16)24/h3,6-11,25H,2,4-5,24H2,1H3/b17-11+. The predicted octanol–water partition coefficient (Wildman–Crippen LogP) is 4.72. The van der Waals surface area contributed by atoms with E-state index in [1.807, 2.05) is 0 Å². The summed E-state index contributed by atoms with van der Waals surface area (Å²) in [5.74, 6) is 0.146. The molecule has 0 heterocycles. The second-order valence-electron chi connectivity index (χ2n) is 6.13. The van der Waals surface area contributed by atoms with Gasteiger partial charge in [-0.05, 0) is 60.8 Å². The number of aliphatic hydroxyl groups is 1. The van der Waals surface area contributed by atoms with Gasteiger partial charge < -0.3 is 15.6 Å². The van der Waals surface area contributed by atoms with Crippen LogP contribution in [-0.2, 0) is 0 Å². The Bertz CT molecular complexity index is 949. The van der Waals surface area contributed by atoms with E-state index in [1.165, 1.54) is 19.2 Å². The Morgan fingerprint density at radius 1 is 1.27 bits per heavy atom. The third kappa shape index (κ3) is 3.27. The van der Waals surface area contributed by atoms with Crippen LogP contribution in [0.15, 0.2) is 53.8 Å². The van der Waals surface area contributed by atoms with E-state index in [2.05, 4.69) is 6.07 Å². The fraction of sp³-hybridized carbons (Fsp3) is 0.190. The second kappa shape index (κ2) is 7.32. The first-order chi connectivity index (χ1) is 12.5. The molecule has 1 saturated carbocycles. The molecule has 3 rings (SSSR count). The van der Waals surface area contributed by atoms with Gasteiger partial charge in [-0.3, -0.25) is 0 Å². The van der Waals surface area contributed by atoms with Gasteiger partial charge in [0, 0.05) is 16.8 Å². The molecule has 0 saturated heterocycles. The van der Waals surface area contributed by atoms with Crippen LogP contribution in [0.5, 0.6) is 5.75 Å². The summed E-state index contributed by atoms with van der Waals surface area (Å²) < 4.78 is 18.8. The average Bonchev–Trinajstić information content (AvgIpc) is 2.58. The highest BCUT2D eigenvalue weighted by Gasteiger charge is 2.19. The van der Waals surface area contributed by atoms with Crippen molar-refractivity contribution in [3.05, 3.63) is 76.3 Å². The van der Waals surface area contributed by atoms with Crippen LogP contribution >= 0.6 is 0 Å². The Balaban J connectivity index is 2.26. The summed E-state index contributed by atoms with van der Waals surface area (Å²) in [6.07, 6.45) is 4.34. The van der Waals surface area contributed by atoms with Gasteiger partial charge in [0.1, 0.15) is 29.0 Å². The van der Waals surface area contributed by atoms with Crippen molar-refractivity contribution in [1.29, 1.82) is 5.26 Å². The highest BCUT2D eigenvalue weighted by atomic mass is 19.1. The minimum absolute atomic E-state index is 0.168. The van der Waals surface area contributed by atoms with E-state index in [-0.39, 0.29) is 11.4 Å². The predicted molar refractivity (Wildman–Crippen MR) is 99.1 cm³/mol. The van der Waals surface area contributed by atoms with Gasteiger partial charge in [0.25, 0.3) is 0 Å². The first-order valence-corrected chi connectivity index (χ1v) is 8.30. The van der Waals surface area contributed by atoms with Gasteiger partial charge in [0.2, 0.25) is 0 Å². The Morgan fingerprint density at radius 3 is 2.62 bits per heavy atom. The van der Waals surface area contributed by atoms with Crippen molar-refractivity contribution < 1.29 is 14.2 Å². The number of ether oxygens (including phenoxy) is 1. The molecule has 0 amide bonds. The summed E-state index contributed by atoms with van der Waals surface area (Å²) in [4.78, 5) is 0. The van der Waals surface area contributed by atoms with Crippen molar-refractivity contribution in [1.82, 2.24) is 0 Å². The molecule has 1 aliphatic carbocycles. The third-order valence-electron chi connectivity index (χ3n) is 4.55. The first-order valence-electron chi connectivity index (χ1n) is 8.30. The molecule has 0 atom stereocenters. The van der Waals surface area contributed by atoms with E-state index in [1.54, 1.807) is 30.3 Å². The first kappa shape index (κ1) is 17.6. The molecule has 0 unspecified atom stereocenters. The van der Waals surface area contributed by atoms with E-state index in [9.17, 15) is 14.8 Å². The smallest absolute Gasteiger partial charge is 0.137 e. The molecular weight excluding hydrogens is 331 g/mol. The summed E-state index contributed by atoms with van der Waals surface area (Å²) in [5, 5.41) is 20.1. The molecule has 4 nitrogen and oxygen atoms in total. The molecule has 2 aromatic carbocycles. The number of rotatable bonds is 4. The zero-order chi connectivity index (χ0) is 18.7. The molecule has 26 heavy (non-hydrogen) atoms. The monoisotopic (exact) mass is 350 g/mol. The van der Waals surface area contributed by atoms with Crippen molar-refractivity contribution in [3.63, 3.8) is 0 Å². The molecule has 1 aliphatic rings. The average molecular weight is 350 g/mol. The molecule has 0 aromatic heterocycles. The number of halogens is 1. The van der Waals surface area contributed by atoms with Crippen molar-refractivity contribution in [3.8, 4) is 11.8 Å². The quantitative estimate of drug-likeness (QED) is 0.618. The number of hydrogen-bond donors (Lipinski definition) is 2. The number of benzene rings is 2. The van der Waals surface area contributed by atoms with Gasteiger partial charge in [0.05, 0.1) is 7.11 Å². The molecule has 0 radical (unpaired) electrons. The lowest BCUT2D eigenvalue weighted by molar-refractivity contribution is 0.407. The highest BCUT2D eigenvalue weighted by molar-refractivity contribution is 5.89. The fourth-order valence-corrected chi connectivity index (χ4v) is 2.97. The number of nitrogens with two attached hydrogens (primary N) is 1. The number of nitrogens with zero attached hydrogens (tertiary/aromatic N) is 1. The maximum absolute atomic E-state index is 13.5. The number of allylic oxidation sites excluding steroid dienone is 2. The van der Waals surface area contributed by atoms with E-state index < -0.39 is 5.82 Å². The van der Waals surface area contributed by atoms with Crippen LogP contribution in [0.2, 0.25) is 0 Å². The van der Waals surface area contributed by atoms with E-state index in [0.29, 0.717) is 28.0 Å². The van der Waals surface area contributed by atoms with Gasteiger partial charge in [-0.25, -0.2) is 4.39 Å². The molecule has 2 aromatic rings. The lowest BCUT2D eigenvalue weighted by Crippen LogP contribution is -2.03. The van der Waals surface area contributed by atoms with Gasteiger partial charge in [0.15, 0.2) is 0 Å². The summed E-state index contributed by atoms with van der Waals surface area (Å²) in [6, 6.07) is 11.4. The SMILES string of the molecule is COc1cccc(/C(=C\C(O)=C2CCC2)c2ccc(F)cc2N)c1C#N. The number of methoxy groups -OCH3 is 1. The van der Waals surface area contributed by atoms with Gasteiger partial charge in [-0.2, -0.15) is 5.26 Å². The molecule has 1 fully saturated rings. The van der Waals surface area contributed by atoms with Gasteiger partial charge in [-0.1, -0.05) is 12.1 Å². The van der Waals surface area contributed by atoms with Crippen LogP contribution in [0.25, 0.3) is 5.57 Å². The molecule has 0 bridgehead atoms. The van der Waals surface area contributed by atoms with Crippen LogP contribution in [0.3, 0.4) is 0 Å². The molecule has 3 N–H and O–H groups in total. The zero-order valence-corrected chi connectivity index (χ0v) is 14.4. The minimum atomic E-state index is -0.446. The van der Waals surface area contributed by atoms with Gasteiger partial charge >= 0.3 is 0 Å². The van der Waals surface area contributed by atoms with Crippen LogP contribution in [0.4, 0.5) is 10.1 Å². The second-order valence-corrected chi connectivity index (χ2v) is 6.13. The number of nitriles is 1. The van der Waals surface area contributed by atoms with E-state index in [0.717, 1.165) is 24.8 Å². The van der Waals surface area contributed by atoms with Crippen LogP contribution in [0.1, 0.15) is 36.0 Å². The third-order valence-corrected chi connectivity index (χ3v) is 4.55. The Labute approximate surface area is 151 Å². The molecule has 5 heteroatoms. The fourth-order valence-electron chi connectivity index (χ4n) is 2.97. The van der Waals surface area contributed by atoms with Crippen molar-refractivity contribution >= 4 is 11.3 Å². The van der Waals surface area contributed by atoms with Crippen LogP contribution in [-0.4, -0.2) is 12.2 Å². The normalized spacial score (nSPS) is 13.7. The maximum atomic E-state index is 13.5. The molecular formula is C21H19FN2O2. The van der Waals surface area contributed by atoms with Crippen LogP contribution < -0.4 is 10.5 Å². The summed E-state index contributed by atoms with van der Waals surface area (Å²) in [7, 11) is 1.49. The number of nitrogen functional groups attached to an aromatic ring is 1. The lowest BCUT2D eigenvalue weighted by Gasteiger charge is -2.19. The largest absolute Gasteiger partial charge is 0.508 e. The lowest BCUT2D eigenvalue weighted by atomic mass is 9.88. The van der Waals surface area contributed by atoms with Crippen LogP contribution in [0, 0.1) is 17.1 Å². The van der Waals surface area contributed by atoms with Gasteiger partial charge in [-0.15, -0.1) is 0 Å². The maximum Gasteiger partial charge on any atom is 0.137 e. The Morgan fingerprint density at radius 2 is 2.04 bits per heavy atom. The highest BCUT2D eigenvalue weighted by Crippen LogP contribution is 2.36. The topological polar surface area (TPSA) is 79.3 Å². The number of aliphatic hydroxyl groups excluding tert-OH is 1. The summed E-state index contributed by atoms with van der Waals surface area (Å²) in [5.41, 5.74) is 9.21. The summed E-state index contributed by atoms with van der Waals surface area (Å²) in [6.45, 7) is 0. The van der Waals surface area contributed by atoms with Crippen molar-refractivity contribution in [2.75, 3.05) is 12.8 Å². The van der Waals surface area contributed by atoms with Crippen molar-refractivity contribution in [2.24, 2.45) is 0 Å². The zero-order valence-electron chi connectivity index (χ0n) is 14.4. The molecule has 0 aliphatic heterocycles. The van der Waals surface area contributed by atoms with Crippen molar-refractivity contribution in [2.45, 2.75) is 19.3 Å². The number of anilines is 1.